The minimum atomic E-state index is -0.0109. The first-order chi connectivity index (χ1) is 13.6. The lowest BCUT2D eigenvalue weighted by atomic mass is 10.1. The maximum absolute atomic E-state index is 13.0. The smallest absolute Gasteiger partial charge is 0.266 e. The van der Waals surface area contributed by atoms with Crippen molar-refractivity contribution in [2.45, 2.75) is 13.8 Å². The summed E-state index contributed by atoms with van der Waals surface area (Å²) in [6.45, 7) is 5.93. The molecule has 5 nitrogen and oxygen atoms in total. The second-order valence-corrected chi connectivity index (χ2v) is 8.06. The van der Waals surface area contributed by atoms with Crippen LogP contribution in [0.1, 0.15) is 19.4 Å². The molecule has 0 saturated carbocycles. The molecule has 1 amide bonds. The van der Waals surface area contributed by atoms with Gasteiger partial charge in [-0.05, 0) is 53.6 Å². The van der Waals surface area contributed by atoms with Crippen molar-refractivity contribution in [3.8, 4) is 11.5 Å². The molecule has 28 heavy (non-hydrogen) atoms. The molecular formula is C22H22N2O3S. The van der Waals surface area contributed by atoms with Crippen LogP contribution < -0.4 is 9.47 Å². The standard InChI is InChI=1S/C22H22N2O3S/c1-15(2)14-24-21(25)20(28-22(24)23-17-6-4-3-5-7-17)13-16-8-9-18-19(12-16)27-11-10-26-18/h3-9,12-13,15H,10-11,14H2,1-2H3/b20-13-,23-22-. The number of rotatable bonds is 4. The molecule has 0 atom stereocenters. The molecule has 4 rings (SSSR count). The number of carbonyl (C=O) groups is 1. The van der Waals surface area contributed by atoms with E-state index in [0.29, 0.717) is 41.5 Å². The van der Waals surface area contributed by atoms with Gasteiger partial charge in [-0.2, -0.15) is 0 Å². The summed E-state index contributed by atoms with van der Waals surface area (Å²) in [6.07, 6.45) is 1.89. The molecule has 0 N–H and O–H groups in total. The van der Waals surface area contributed by atoms with Crippen molar-refractivity contribution >= 4 is 34.6 Å². The number of thioether (sulfide) groups is 1. The van der Waals surface area contributed by atoms with E-state index < -0.39 is 0 Å². The zero-order valence-corrected chi connectivity index (χ0v) is 16.7. The Morgan fingerprint density at radius 1 is 1.11 bits per heavy atom. The van der Waals surface area contributed by atoms with Gasteiger partial charge in [-0.1, -0.05) is 38.1 Å². The van der Waals surface area contributed by atoms with E-state index in [9.17, 15) is 4.79 Å². The van der Waals surface area contributed by atoms with E-state index in [-0.39, 0.29) is 5.91 Å². The van der Waals surface area contributed by atoms with E-state index >= 15 is 0 Å². The number of amidine groups is 1. The summed E-state index contributed by atoms with van der Waals surface area (Å²) >= 11 is 1.41. The van der Waals surface area contributed by atoms with E-state index in [1.54, 1.807) is 4.90 Å². The Morgan fingerprint density at radius 3 is 2.61 bits per heavy atom. The topological polar surface area (TPSA) is 51.1 Å². The fraction of sp³-hybridized carbons (Fsp3) is 0.273. The Bertz CT molecular complexity index is 938. The van der Waals surface area contributed by atoms with Crippen LogP contribution >= 0.6 is 11.8 Å². The summed E-state index contributed by atoms with van der Waals surface area (Å²) in [5.74, 6) is 1.79. The third-order valence-electron chi connectivity index (χ3n) is 4.28. The van der Waals surface area contributed by atoms with Gasteiger partial charge in [0.25, 0.3) is 5.91 Å². The highest BCUT2D eigenvalue weighted by atomic mass is 32.2. The molecule has 2 aliphatic heterocycles. The van der Waals surface area contributed by atoms with E-state index in [1.807, 2.05) is 54.6 Å². The molecule has 0 radical (unpaired) electrons. The van der Waals surface area contributed by atoms with Gasteiger partial charge < -0.3 is 9.47 Å². The fourth-order valence-electron chi connectivity index (χ4n) is 3.03. The van der Waals surface area contributed by atoms with Crippen molar-refractivity contribution in [3.63, 3.8) is 0 Å². The first-order valence-electron chi connectivity index (χ1n) is 9.35. The fourth-order valence-corrected chi connectivity index (χ4v) is 4.04. The molecular weight excluding hydrogens is 372 g/mol. The van der Waals surface area contributed by atoms with Crippen molar-refractivity contribution in [2.24, 2.45) is 10.9 Å². The number of ether oxygens (including phenoxy) is 2. The number of amides is 1. The molecule has 2 aromatic rings. The maximum Gasteiger partial charge on any atom is 0.266 e. The molecule has 0 unspecified atom stereocenters. The average molecular weight is 394 g/mol. The number of nitrogens with zero attached hydrogens (tertiary/aromatic N) is 2. The molecule has 6 heteroatoms. The van der Waals surface area contributed by atoms with Crippen LogP contribution in [0.25, 0.3) is 6.08 Å². The molecule has 1 saturated heterocycles. The van der Waals surface area contributed by atoms with E-state index in [1.165, 1.54) is 11.8 Å². The van der Waals surface area contributed by atoms with Gasteiger partial charge in [0.05, 0.1) is 10.6 Å². The highest BCUT2D eigenvalue weighted by Crippen LogP contribution is 2.36. The minimum absolute atomic E-state index is 0.0109. The highest BCUT2D eigenvalue weighted by Gasteiger charge is 2.33. The van der Waals surface area contributed by atoms with E-state index in [4.69, 9.17) is 14.5 Å². The zero-order chi connectivity index (χ0) is 19.5. The maximum atomic E-state index is 13.0. The van der Waals surface area contributed by atoms with Crippen LogP contribution in [0.5, 0.6) is 11.5 Å². The lowest BCUT2D eigenvalue weighted by Gasteiger charge is -2.18. The van der Waals surface area contributed by atoms with Crippen molar-refractivity contribution in [1.29, 1.82) is 0 Å². The first-order valence-corrected chi connectivity index (χ1v) is 10.2. The molecule has 2 aromatic carbocycles. The SMILES string of the molecule is CC(C)CN1C(=O)/C(=C/c2ccc3c(c2)OCCO3)S/C1=N\c1ccccc1. The van der Waals surface area contributed by atoms with E-state index in [0.717, 1.165) is 17.0 Å². The summed E-state index contributed by atoms with van der Waals surface area (Å²) in [5, 5.41) is 0.716. The van der Waals surface area contributed by atoms with Gasteiger partial charge >= 0.3 is 0 Å². The van der Waals surface area contributed by atoms with Gasteiger partial charge in [0, 0.05) is 6.54 Å². The summed E-state index contributed by atoms with van der Waals surface area (Å²) in [7, 11) is 0. The van der Waals surface area contributed by atoms with Gasteiger partial charge in [0.15, 0.2) is 16.7 Å². The third-order valence-corrected chi connectivity index (χ3v) is 5.29. The van der Waals surface area contributed by atoms with Crippen LogP contribution in [0.4, 0.5) is 5.69 Å². The number of benzene rings is 2. The quantitative estimate of drug-likeness (QED) is 0.704. The predicted molar refractivity (Wildman–Crippen MR) is 113 cm³/mol. The van der Waals surface area contributed by atoms with Crippen LogP contribution in [-0.4, -0.2) is 35.7 Å². The van der Waals surface area contributed by atoms with Crippen LogP contribution in [0.2, 0.25) is 0 Å². The van der Waals surface area contributed by atoms with Gasteiger partial charge in [-0.15, -0.1) is 0 Å². The van der Waals surface area contributed by atoms with Gasteiger partial charge in [-0.25, -0.2) is 4.99 Å². The Labute approximate surface area is 169 Å². The Morgan fingerprint density at radius 2 is 1.86 bits per heavy atom. The van der Waals surface area contributed by atoms with Crippen molar-refractivity contribution < 1.29 is 14.3 Å². The molecule has 0 spiro atoms. The van der Waals surface area contributed by atoms with Crippen molar-refractivity contribution in [3.05, 3.63) is 59.0 Å². The van der Waals surface area contributed by atoms with Crippen molar-refractivity contribution in [1.82, 2.24) is 4.90 Å². The Hall–Kier alpha value is -2.73. The molecule has 0 aromatic heterocycles. The largest absolute Gasteiger partial charge is 0.486 e. The van der Waals surface area contributed by atoms with Crippen LogP contribution in [0.15, 0.2) is 58.4 Å². The lowest BCUT2D eigenvalue weighted by molar-refractivity contribution is -0.122. The summed E-state index contributed by atoms with van der Waals surface area (Å²) in [5.41, 5.74) is 1.75. The van der Waals surface area contributed by atoms with Crippen LogP contribution in [0, 0.1) is 5.92 Å². The number of hydrogen-bond acceptors (Lipinski definition) is 5. The third kappa shape index (κ3) is 4.07. The van der Waals surface area contributed by atoms with E-state index in [2.05, 4.69) is 13.8 Å². The number of aliphatic imine (C=N–C) groups is 1. The average Bonchev–Trinajstić information content (AvgIpc) is 2.97. The minimum Gasteiger partial charge on any atom is -0.486 e. The molecule has 0 bridgehead atoms. The molecule has 144 valence electrons. The summed E-state index contributed by atoms with van der Waals surface area (Å²) < 4.78 is 11.2. The molecule has 2 aliphatic rings. The van der Waals surface area contributed by atoms with Crippen LogP contribution in [0.3, 0.4) is 0 Å². The summed E-state index contributed by atoms with van der Waals surface area (Å²) in [6, 6.07) is 15.5. The lowest BCUT2D eigenvalue weighted by Crippen LogP contribution is -2.32. The number of para-hydroxylation sites is 1. The zero-order valence-electron chi connectivity index (χ0n) is 15.9. The molecule has 2 heterocycles. The predicted octanol–water partition coefficient (Wildman–Crippen LogP) is 4.72. The number of carbonyl (C=O) groups excluding carboxylic acids is 1. The Balaban J connectivity index is 1.65. The van der Waals surface area contributed by atoms with Gasteiger partial charge in [-0.3, -0.25) is 9.69 Å². The second kappa shape index (κ2) is 8.10. The highest BCUT2D eigenvalue weighted by molar-refractivity contribution is 8.18. The molecule has 0 aliphatic carbocycles. The van der Waals surface area contributed by atoms with Crippen LogP contribution in [-0.2, 0) is 4.79 Å². The normalized spacial score (nSPS) is 19.1. The number of hydrogen-bond donors (Lipinski definition) is 0. The van der Waals surface area contributed by atoms with Gasteiger partial charge in [0.2, 0.25) is 0 Å². The molecule has 1 fully saturated rings. The van der Waals surface area contributed by atoms with Crippen molar-refractivity contribution in [2.75, 3.05) is 19.8 Å². The number of fused-ring (bicyclic) bond motifs is 1. The first kappa shape index (κ1) is 18.6. The Kier molecular flexibility index (Phi) is 5.39. The van der Waals surface area contributed by atoms with Gasteiger partial charge in [0.1, 0.15) is 13.2 Å². The monoisotopic (exact) mass is 394 g/mol. The second-order valence-electron chi connectivity index (χ2n) is 7.05. The summed E-state index contributed by atoms with van der Waals surface area (Å²) in [4.78, 5) is 20.2.